The van der Waals surface area contributed by atoms with Crippen LogP contribution in [-0.2, 0) is 0 Å². The van der Waals surface area contributed by atoms with Crippen LogP contribution < -0.4 is 0 Å². The Morgan fingerprint density at radius 1 is 1.15 bits per heavy atom. The van der Waals surface area contributed by atoms with Gasteiger partial charge in [-0.05, 0) is 36.0 Å². The highest BCUT2D eigenvalue weighted by Crippen LogP contribution is 2.49. The summed E-state index contributed by atoms with van der Waals surface area (Å²) in [6.45, 7) is 14.9. The second-order valence-corrected chi connectivity index (χ2v) is 5.60. The molecule has 0 amide bonds. The van der Waals surface area contributed by atoms with E-state index in [4.69, 9.17) is 0 Å². The summed E-state index contributed by atoms with van der Waals surface area (Å²) in [5.74, 6) is 0.673. The summed E-state index contributed by atoms with van der Waals surface area (Å²) in [6, 6.07) is 0. The van der Waals surface area contributed by atoms with E-state index in [0.29, 0.717) is 16.7 Å². The second-order valence-electron chi connectivity index (χ2n) is 5.60. The predicted octanol–water partition coefficient (Wildman–Crippen LogP) is 4.19. The summed E-state index contributed by atoms with van der Waals surface area (Å²) in [7, 11) is 0. The van der Waals surface area contributed by atoms with Crippen LogP contribution in [0.2, 0.25) is 0 Å². The SMILES string of the molecule is C=CC1CC(C)(C)CC(C)(C=C)C1. The van der Waals surface area contributed by atoms with Crippen LogP contribution in [0.1, 0.15) is 40.0 Å². The van der Waals surface area contributed by atoms with E-state index in [1.807, 2.05) is 0 Å². The summed E-state index contributed by atoms with van der Waals surface area (Å²) in [5.41, 5.74) is 0.765. The van der Waals surface area contributed by atoms with Gasteiger partial charge in [0.25, 0.3) is 0 Å². The van der Waals surface area contributed by atoms with E-state index in [1.165, 1.54) is 19.3 Å². The Bertz CT molecular complexity index is 212. The molecule has 2 atom stereocenters. The molecule has 0 spiro atoms. The van der Waals surface area contributed by atoms with Crippen LogP contribution in [-0.4, -0.2) is 0 Å². The monoisotopic (exact) mass is 178 g/mol. The molecule has 0 N–H and O–H groups in total. The molecule has 0 aromatic rings. The maximum atomic E-state index is 3.96. The molecule has 0 bridgehead atoms. The lowest BCUT2D eigenvalue weighted by Crippen LogP contribution is -2.33. The third kappa shape index (κ3) is 2.46. The Morgan fingerprint density at radius 2 is 1.77 bits per heavy atom. The zero-order valence-corrected chi connectivity index (χ0v) is 9.27. The number of hydrogen-bond donors (Lipinski definition) is 0. The molecule has 0 heteroatoms. The van der Waals surface area contributed by atoms with Gasteiger partial charge in [0.2, 0.25) is 0 Å². The molecule has 0 heterocycles. The Balaban J connectivity index is 2.82. The zero-order chi connectivity index (χ0) is 10.1. The minimum Gasteiger partial charge on any atom is -0.103 e. The van der Waals surface area contributed by atoms with Crippen LogP contribution in [0.15, 0.2) is 25.3 Å². The third-order valence-electron chi connectivity index (χ3n) is 3.25. The summed E-state index contributed by atoms with van der Waals surface area (Å²) in [4.78, 5) is 0. The first-order valence-corrected chi connectivity index (χ1v) is 5.17. The van der Waals surface area contributed by atoms with Gasteiger partial charge >= 0.3 is 0 Å². The van der Waals surface area contributed by atoms with Gasteiger partial charge in [0.05, 0.1) is 0 Å². The normalized spacial score (nSPS) is 38.2. The molecular formula is C13H22. The summed E-state index contributed by atoms with van der Waals surface area (Å²) in [6.07, 6.45) is 8.00. The average molecular weight is 178 g/mol. The summed E-state index contributed by atoms with van der Waals surface area (Å²) >= 11 is 0. The highest BCUT2D eigenvalue weighted by molar-refractivity contribution is 5.03. The van der Waals surface area contributed by atoms with Gasteiger partial charge in [-0.1, -0.05) is 32.9 Å². The van der Waals surface area contributed by atoms with Crippen molar-refractivity contribution in [1.82, 2.24) is 0 Å². The maximum absolute atomic E-state index is 3.96. The highest BCUT2D eigenvalue weighted by atomic mass is 14.4. The largest absolute Gasteiger partial charge is 0.103 e. The quantitative estimate of drug-likeness (QED) is 0.556. The van der Waals surface area contributed by atoms with Gasteiger partial charge in [0, 0.05) is 0 Å². The fourth-order valence-electron chi connectivity index (χ4n) is 2.94. The molecule has 13 heavy (non-hydrogen) atoms. The molecule has 1 aliphatic carbocycles. The van der Waals surface area contributed by atoms with Crippen LogP contribution in [0.3, 0.4) is 0 Å². The van der Waals surface area contributed by atoms with Crippen molar-refractivity contribution in [3.05, 3.63) is 25.3 Å². The molecule has 2 unspecified atom stereocenters. The Labute approximate surface area is 82.7 Å². The van der Waals surface area contributed by atoms with Crippen molar-refractivity contribution in [3.8, 4) is 0 Å². The van der Waals surface area contributed by atoms with Gasteiger partial charge < -0.3 is 0 Å². The molecule has 0 nitrogen and oxygen atoms in total. The first kappa shape index (κ1) is 10.6. The van der Waals surface area contributed by atoms with E-state index in [9.17, 15) is 0 Å². The van der Waals surface area contributed by atoms with Gasteiger partial charge in [-0.2, -0.15) is 0 Å². The fourth-order valence-corrected chi connectivity index (χ4v) is 2.94. The minimum atomic E-state index is 0.320. The lowest BCUT2D eigenvalue weighted by molar-refractivity contribution is 0.108. The van der Waals surface area contributed by atoms with E-state index in [0.717, 1.165) is 0 Å². The Hall–Kier alpha value is -0.520. The topological polar surface area (TPSA) is 0 Å². The Kier molecular flexibility index (Phi) is 2.70. The average Bonchev–Trinajstić information content (AvgIpc) is 2.01. The van der Waals surface area contributed by atoms with Crippen LogP contribution in [0.25, 0.3) is 0 Å². The molecule has 0 aromatic carbocycles. The van der Waals surface area contributed by atoms with E-state index in [-0.39, 0.29) is 0 Å². The molecule has 0 aliphatic heterocycles. The van der Waals surface area contributed by atoms with Crippen LogP contribution in [0.4, 0.5) is 0 Å². The fraction of sp³-hybridized carbons (Fsp3) is 0.692. The molecular weight excluding hydrogens is 156 g/mol. The van der Waals surface area contributed by atoms with Gasteiger partial charge in [-0.3, -0.25) is 0 Å². The first-order valence-electron chi connectivity index (χ1n) is 5.17. The number of rotatable bonds is 2. The number of allylic oxidation sites excluding steroid dienone is 2. The zero-order valence-electron chi connectivity index (χ0n) is 9.27. The molecule has 0 saturated heterocycles. The molecule has 0 aromatic heterocycles. The lowest BCUT2D eigenvalue weighted by Gasteiger charge is -2.44. The predicted molar refractivity (Wildman–Crippen MR) is 59.6 cm³/mol. The van der Waals surface area contributed by atoms with Gasteiger partial charge in [-0.25, -0.2) is 0 Å². The lowest BCUT2D eigenvalue weighted by atomic mass is 9.61. The highest BCUT2D eigenvalue weighted by Gasteiger charge is 2.38. The maximum Gasteiger partial charge on any atom is -0.0139 e. The van der Waals surface area contributed by atoms with Crippen molar-refractivity contribution in [1.29, 1.82) is 0 Å². The van der Waals surface area contributed by atoms with Crippen molar-refractivity contribution >= 4 is 0 Å². The molecule has 1 rings (SSSR count). The first-order chi connectivity index (χ1) is 5.91. The second kappa shape index (κ2) is 3.32. The van der Waals surface area contributed by atoms with Gasteiger partial charge in [-0.15, -0.1) is 13.2 Å². The standard InChI is InChI=1S/C13H22/c1-6-11-8-12(3,4)10-13(5,7-2)9-11/h6-7,11H,1-2,8-10H2,3-5H3. The smallest absolute Gasteiger partial charge is 0.0139 e. The third-order valence-corrected chi connectivity index (χ3v) is 3.25. The van der Waals surface area contributed by atoms with Crippen molar-refractivity contribution in [2.24, 2.45) is 16.7 Å². The summed E-state index contributed by atoms with van der Waals surface area (Å²) in [5, 5.41) is 0. The van der Waals surface area contributed by atoms with E-state index < -0.39 is 0 Å². The van der Waals surface area contributed by atoms with Crippen molar-refractivity contribution in [3.63, 3.8) is 0 Å². The van der Waals surface area contributed by atoms with Crippen molar-refractivity contribution in [2.45, 2.75) is 40.0 Å². The molecule has 1 fully saturated rings. The summed E-state index contributed by atoms with van der Waals surface area (Å²) < 4.78 is 0. The molecule has 74 valence electrons. The Morgan fingerprint density at radius 3 is 2.23 bits per heavy atom. The van der Waals surface area contributed by atoms with Crippen molar-refractivity contribution < 1.29 is 0 Å². The molecule has 1 saturated carbocycles. The van der Waals surface area contributed by atoms with E-state index in [2.05, 4.69) is 46.1 Å². The van der Waals surface area contributed by atoms with E-state index >= 15 is 0 Å². The minimum absolute atomic E-state index is 0.320. The van der Waals surface area contributed by atoms with Crippen LogP contribution in [0, 0.1) is 16.7 Å². The van der Waals surface area contributed by atoms with Crippen LogP contribution in [0.5, 0.6) is 0 Å². The van der Waals surface area contributed by atoms with Gasteiger partial charge in [0.1, 0.15) is 0 Å². The molecule has 0 radical (unpaired) electrons. The van der Waals surface area contributed by atoms with E-state index in [1.54, 1.807) is 0 Å². The van der Waals surface area contributed by atoms with Crippen molar-refractivity contribution in [2.75, 3.05) is 0 Å². The van der Waals surface area contributed by atoms with Crippen LogP contribution >= 0.6 is 0 Å². The number of hydrogen-bond acceptors (Lipinski definition) is 0. The molecule has 1 aliphatic rings. The van der Waals surface area contributed by atoms with Gasteiger partial charge in [0.15, 0.2) is 0 Å².